The number of carbonyl (C=O) groups is 1. The molecule has 1 saturated heterocycles. The predicted octanol–water partition coefficient (Wildman–Crippen LogP) is 1.52. The lowest BCUT2D eigenvalue weighted by molar-refractivity contribution is -0.151. The lowest BCUT2D eigenvalue weighted by atomic mass is 9.76. The van der Waals surface area contributed by atoms with Crippen LogP contribution in [-0.4, -0.2) is 35.3 Å². The van der Waals surface area contributed by atoms with Crippen LogP contribution in [0.3, 0.4) is 0 Å². The molecule has 2 aromatic heterocycles. The molecule has 1 fully saturated rings. The summed E-state index contributed by atoms with van der Waals surface area (Å²) in [6, 6.07) is 7.90. The Bertz CT molecular complexity index is 581. The molecule has 5 nitrogen and oxygen atoms in total. The van der Waals surface area contributed by atoms with Gasteiger partial charge in [-0.05, 0) is 51.1 Å². The molecule has 3 heterocycles. The second-order valence-corrected chi connectivity index (χ2v) is 5.15. The van der Waals surface area contributed by atoms with E-state index in [1.807, 2.05) is 41.9 Å². The van der Waals surface area contributed by atoms with Crippen molar-refractivity contribution in [3.63, 3.8) is 0 Å². The molecular formula is C15H19N3O2. The highest BCUT2D eigenvalue weighted by Crippen LogP contribution is 2.34. The maximum absolute atomic E-state index is 12.5. The van der Waals surface area contributed by atoms with Crippen LogP contribution in [-0.2, 0) is 14.9 Å². The summed E-state index contributed by atoms with van der Waals surface area (Å²) in [6.45, 7) is 3.87. The van der Waals surface area contributed by atoms with Gasteiger partial charge >= 0.3 is 5.97 Å². The average Bonchev–Trinajstić information content (AvgIpc) is 2.92. The molecule has 20 heavy (non-hydrogen) atoms. The van der Waals surface area contributed by atoms with Crippen LogP contribution in [0, 0.1) is 0 Å². The zero-order valence-electron chi connectivity index (χ0n) is 11.6. The first-order valence-corrected chi connectivity index (χ1v) is 7.09. The molecule has 5 heteroatoms. The highest BCUT2D eigenvalue weighted by molar-refractivity contribution is 5.83. The van der Waals surface area contributed by atoms with Crippen molar-refractivity contribution in [3.8, 4) is 0 Å². The summed E-state index contributed by atoms with van der Waals surface area (Å²) >= 11 is 0. The second kappa shape index (κ2) is 5.25. The molecule has 0 aliphatic carbocycles. The Labute approximate surface area is 117 Å². The van der Waals surface area contributed by atoms with Gasteiger partial charge in [0.25, 0.3) is 0 Å². The standard InChI is InChI=1S/C15H19N3O2/c1-2-20-14(19)15(6-8-16-9-7-15)13-11-12-5-3-4-10-18(12)17-13/h3-5,10-11,16H,2,6-9H2,1H3. The number of esters is 1. The van der Waals surface area contributed by atoms with Gasteiger partial charge in [-0.1, -0.05) is 6.07 Å². The Morgan fingerprint density at radius 3 is 2.95 bits per heavy atom. The van der Waals surface area contributed by atoms with Crippen LogP contribution in [0.5, 0.6) is 0 Å². The van der Waals surface area contributed by atoms with Crippen molar-refractivity contribution >= 4 is 11.5 Å². The van der Waals surface area contributed by atoms with Gasteiger partial charge in [0.1, 0.15) is 5.41 Å². The summed E-state index contributed by atoms with van der Waals surface area (Å²) in [5.41, 5.74) is 1.22. The second-order valence-electron chi connectivity index (χ2n) is 5.15. The van der Waals surface area contributed by atoms with E-state index in [1.54, 1.807) is 0 Å². The third-order valence-electron chi connectivity index (χ3n) is 3.98. The number of hydrogen-bond donors (Lipinski definition) is 1. The molecule has 0 spiro atoms. The molecule has 0 radical (unpaired) electrons. The van der Waals surface area contributed by atoms with E-state index in [-0.39, 0.29) is 5.97 Å². The maximum Gasteiger partial charge on any atom is 0.318 e. The van der Waals surface area contributed by atoms with E-state index in [4.69, 9.17) is 4.74 Å². The van der Waals surface area contributed by atoms with Crippen molar-refractivity contribution in [3.05, 3.63) is 36.2 Å². The summed E-state index contributed by atoms with van der Waals surface area (Å²) in [4.78, 5) is 12.5. The number of fused-ring (bicyclic) bond motifs is 1. The Hall–Kier alpha value is -1.88. The summed E-state index contributed by atoms with van der Waals surface area (Å²) in [5.74, 6) is -0.148. The summed E-state index contributed by atoms with van der Waals surface area (Å²) in [7, 11) is 0. The number of nitrogens with zero attached hydrogens (tertiary/aromatic N) is 2. The number of carbonyl (C=O) groups excluding carboxylic acids is 1. The van der Waals surface area contributed by atoms with Gasteiger partial charge in [-0.25, -0.2) is 4.52 Å². The third-order valence-corrected chi connectivity index (χ3v) is 3.98. The highest BCUT2D eigenvalue weighted by atomic mass is 16.5. The first-order chi connectivity index (χ1) is 9.76. The fraction of sp³-hybridized carbons (Fsp3) is 0.467. The molecular weight excluding hydrogens is 254 g/mol. The molecule has 0 amide bonds. The first-order valence-electron chi connectivity index (χ1n) is 7.09. The summed E-state index contributed by atoms with van der Waals surface area (Å²) in [6.07, 6.45) is 3.37. The fourth-order valence-electron chi connectivity index (χ4n) is 2.86. The molecule has 0 bridgehead atoms. The quantitative estimate of drug-likeness (QED) is 0.861. The van der Waals surface area contributed by atoms with Gasteiger partial charge in [-0.15, -0.1) is 0 Å². The first kappa shape index (κ1) is 13.1. The van der Waals surface area contributed by atoms with Crippen molar-refractivity contribution in [1.82, 2.24) is 14.9 Å². The van der Waals surface area contributed by atoms with Crippen LogP contribution in [0.25, 0.3) is 5.52 Å². The minimum absolute atomic E-state index is 0.148. The fourth-order valence-corrected chi connectivity index (χ4v) is 2.86. The molecule has 0 unspecified atom stereocenters. The predicted molar refractivity (Wildman–Crippen MR) is 75.6 cm³/mol. The van der Waals surface area contributed by atoms with Crippen LogP contribution in [0.1, 0.15) is 25.5 Å². The number of aromatic nitrogens is 2. The van der Waals surface area contributed by atoms with Crippen molar-refractivity contribution in [2.24, 2.45) is 0 Å². The molecule has 106 valence electrons. The van der Waals surface area contributed by atoms with E-state index in [2.05, 4.69) is 10.4 Å². The molecule has 0 atom stereocenters. The zero-order valence-corrected chi connectivity index (χ0v) is 11.6. The molecule has 1 N–H and O–H groups in total. The van der Waals surface area contributed by atoms with E-state index in [0.717, 1.165) is 37.1 Å². The van der Waals surface area contributed by atoms with Gasteiger partial charge in [0.15, 0.2) is 0 Å². The highest BCUT2D eigenvalue weighted by Gasteiger charge is 2.44. The Morgan fingerprint density at radius 1 is 1.45 bits per heavy atom. The van der Waals surface area contributed by atoms with E-state index >= 15 is 0 Å². The average molecular weight is 273 g/mol. The smallest absolute Gasteiger partial charge is 0.318 e. The van der Waals surface area contributed by atoms with Crippen molar-refractivity contribution in [2.75, 3.05) is 19.7 Å². The van der Waals surface area contributed by atoms with Gasteiger partial charge in [0, 0.05) is 6.20 Å². The Morgan fingerprint density at radius 2 is 2.25 bits per heavy atom. The van der Waals surface area contributed by atoms with Crippen molar-refractivity contribution in [2.45, 2.75) is 25.2 Å². The van der Waals surface area contributed by atoms with Gasteiger partial charge < -0.3 is 10.1 Å². The zero-order chi connectivity index (χ0) is 14.0. The molecule has 2 aromatic rings. The van der Waals surface area contributed by atoms with Crippen LogP contribution < -0.4 is 5.32 Å². The number of rotatable bonds is 3. The third kappa shape index (κ3) is 2.08. The summed E-state index contributed by atoms with van der Waals surface area (Å²) < 4.78 is 7.14. The number of piperidine rings is 1. The van der Waals surface area contributed by atoms with Gasteiger partial charge in [0.05, 0.1) is 17.8 Å². The molecule has 1 aliphatic heterocycles. The van der Waals surface area contributed by atoms with Crippen LogP contribution >= 0.6 is 0 Å². The number of nitrogens with one attached hydrogen (secondary N) is 1. The summed E-state index contributed by atoms with van der Waals surface area (Å²) in [5, 5.41) is 7.90. The Kier molecular flexibility index (Phi) is 3.44. The lowest BCUT2D eigenvalue weighted by Crippen LogP contribution is -2.46. The number of pyridine rings is 1. The molecule has 1 aliphatic rings. The maximum atomic E-state index is 12.5. The molecule has 3 rings (SSSR count). The number of ether oxygens (including phenoxy) is 1. The van der Waals surface area contributed by atoms with Crippen molar-refractivity contribution in [1.29, 1.82) is 0 Å². The monoisotopic (exact) mass is 273 g/mol. The molecule has 0 saturated carbocycles. The molecule has 0 aromatic carbocycles. The number of hydrogen-bond acceptors (Lipinski definition) is 4. The van der Waals surface area contributed by atoms with Crippen LogP contribution in [0.4, 0.5) is 0 Å². The van der Waals surface area contributed by atoms with Gasteiger partial charge in [-0.2, -0.15) is 5.10 Å². The van der Waals surface area contributed by atoms with Gasteiger partial charge in [-0.3, -0.25) is 4.79 Å². The van der Waals surface area contributed by atoms with Crippen LogP contribution in [0.2, 0.25) is 0 Å². The van der Waals surface area contributed by atoms with E-state index in [9.17, 15) is 4.79 Å². The van der Waals surface area contributed by atoms with E-state index < -0.39 is 5.41 Å². The van der Waals surface area contributed by atoms with Gasteiger partial charge in [0.2, 0.25) is 0 Å². The minimum Gasteiger partial charge on any atom is -0.465 e. The van der Waals surface area contributed by atoms with E-state index in [0.29, 0.717) is 6.61 Å². The van der Waals surface area contributed by atoms with Crippen molar-refractivity contribution < 1.29 is 9.53 Å². The lowest BCUT2D eigenvalue weighted by Gasteiger charge is -2.33. The van der Waals surface area contributed by atoms with Crippen LogP contribution in [0.15, 0.2) is 30.5 Å². The minimum atomic E-state index is -0.604. The SMILES string of the molecule is CCOC(=O)C1(c2cc3ccccn3n2)CCNCC1. The normalized spacial score (nSPS) is 18.1. The Balaban J connectivity index is 2.06. The topological polar surface area (TPSA) is 55.6 Å². The largest absolute Gasteiger partial charge is 0.465 e. The van der Waals surface area contributed by atoms with E-state index in [1.165, 1.54) is 0 Å².